The van der Waals surface area contributed by atoms with E-state index < -0.39 is 10.0 Å². The highest BCUT2D eigenvalue weighted by atomic mass is 35.5. The highest BCUT2D eigenvalue weighted by Crippen LogP contribution is 2.25. The van der Waals surface area contributed by atoms with E-state index in [1.165, 1.54) is 0 Å². The number of halogens is 1. The van der Waals surface area contributed by atoms with Gasteiger partial charge < -0.3 is 4.74 Å². The molecule has 0 fully saturated rings. The van der Waals surface area contributed by atoms with Crippen LogP contribution >= 0.6 is 11.6 Å². The molecule has 24 heavy (non-hydrogen) atoms. The first-order chi connectivity index (χ1) is 11.3. The van der Waals surface area contributed by atoms with Crippen LogP contribution in [0.5, 0.6) is 5.75 Å². The maximum atomic E-state index is 12.5. The van der Waals surface area contributed by atoms with Crippen molar-refractivity contribution in [1.82, 2.24) is 4.72 Å². The molecule has 0 bridgehead atoms. The molecule has 0 aromatic heterocycles. The SMILES string of the molecule is COc1cc(C)c(S(=O)(=O)NCCCc2ccccc2Cl)cc1C. The van der Waals surface area contributed by atoms with E-state index in [0.717, 1.165) is 17.5 Å². The average Bonchev–Trinajstić information content (AvgIpc) is 2.54. The third-order valence-electron chi connectivity index (χ3n) is 3.85. The molecule has 0 aliphatic heterocycles. The summed E-state index contributed by atoms with van der Waals surface area (Å²) in [5.74, 6) is 0.685. The van der Waals surface area contributed by atoms with Crippen LogP contribution < -0.4 is 9.46 Å². The molecular formula is C18H22ClNO3S. The zero-order chi connectivity index (χ0) is 17.7. The Hall–Kier alpha value is -1.56. The van der Waals surface area contributed by atoms with Gasteiger partial charge >= 0.3 is 0 Å². The maximum Gasteiger partial charge on any atom is 0.240 e. The van der Waals surface area contributed by atoms with Crippen molar-refractivity contribution in [2.24, 2.45) is 0 Å². The Morgan fingerprint density at radius 2 is 1.83 bits per heavy atom. The molecule has 0 saturated heterocycles. The van der Waals surface area contributed by atoms with Gasteiger partial charge in [-0.15, -0.1) is 0 Å². The highest BCUT2D eigenvalue weighted by Gasteiger charge is 2.18. The minimum atomic E-state index is -3.54. The fourth-order valence-electron chi connectivity index (χ4n) is 2.54. The number of benzene rings is 2. The lowest BCUT2D eigenvalue weighted by molar-refractivity contribution is 0.411. The van der Waals surface area contributed by atoms with Gasteiger partial charge in [0.2, 0.25) is 10.0 Å². The van der Waals surface area contributed by atoms with Crippen LogP contribution in [0.2, 0.25) is 5.02 Å². The van der Waals surface area contributed by atoms with Gasteiger partial charge in [-0.1, -0.05) is 29.8 Å². The largest absolute Gasteiger partial charge is 0.496 e. The smallest absolute Gasteiger partial charge is 0.240 e. The van der Waals surface area contributed by atoms with E-state index in [0.29, 0.717) is 34.2 Å². The molecule has 0 heterocycles. The first-order valence-corrected chi connectivity index (χ1v) is 9.59. The third-order valence-corrected chi connectivity index (χ3v) is 5.83. The van der Waals surface area contributed by atoms with Crippen LogP contribution in [-0.2, 0) is 16.4 Å². The first kappa shape index (κ1) is 18.8. The highest BCUT2D eigenvalue weighted by molar-refractivity contribution is 7.89. The maximum absolute atomic E-state index is 12.5. The molecule has 0 spiro atoms. The summed E-state index contributed by atoms with van der Waals surface area (Å²) in [6.45, 7) is 3.95. The van der Waals surface area contributed by atoms with Crippen LogP contribution in [0.1, 0.15) is 23.1 Å². The Bertz CT molecular complexity index is 819. The normalized spacial score (nSPS) is 11.5. The second-order valence-electron chi connectivity index (χ2n) is 5.68. The van der Waals surface area contributed by atoms with E-state index in [1.807, 2.05) is 31.2 Å². The fourth-order valence-corrected chi connectivity index (χ4v) is 4.15. The quantitative estimate of drug-likeness (QED) is 0.755. The van der Waals surface area contributed by atoms with Crippen LogP contribution in [0.4, 0.5) is 0 Å². The van der Waals surface area contributed by atoms with Gasteiger partial charge in [0.15, 0.2) is 0 Å². The van der Waals surface area contributed by atoms with Crippen LogP contribution in [0, 0.1) is 13.8 Å². The lowest BCUT2D eigenvalue weighted by Gasteiger charge is -2.13. The summed E-state index contributed by atoms with van der Waals surface area (Å²) in [4.78, 5) is 0.290. The molecule has 6 heteroatoms. The number of methoxy groups -OCH3 is 1. The van der Waals surface area contributed by atoms with Gasteiger partial charge in [0.05, 0.1) is 12.0 Å². The summed E-state index contributed by atoms with van der Waals surface area (Å²) in [6.07, 6.45) is 1.40. The molecule has 0 saturated carbocycles. The van der Waals surface area contributed by atoms with Gasteiger partial charge in [-0.3, -0.25) is 0 Å². The number of ether oxygens (including phenoxy) is 1. The summed E-state index contributed by atoms with van der Waals surface area (Å²) in [7, 11) is -1.97. The second kappa shape index (κ2) is 8.01. The van der Waals surface area contributed by atoms with Crippen LogP contribution in [0.15, 0.2) is 41.3 Å². The molecule has 130 valence electrons. The van der Waals surface area contributed by atoms with E-state index in [4.69, 9.17) is 16.3 Å². The minimum absolute atomic E-state index is 0.290. The monoisotopic (exact) mass is 367 g/mol. The summed E-state index contributed by atoms with van der Waals surface area (Å²) in [6, 6.07) is 11.0. The molecule has 2 rings (SSSR count). The van der Waals surface area contributed by atoms with Crippen molar-refractivity contribution in [3.63, 3.8) is 0 Å². The zero-order valence-corrected chi connectivity index (χ0v) is 15.7. The predicted octanol–water partition coefficient (Wildman–Crippen LogP) is 3.88. The Morgan fingerprint density at radius 3 is 2.50 bits per heavy atom. The molecule has 0 unspecified atom stereocenters. The number of aryl methyl sites for hydroxylation is 3. The molecule has 0 atom stereocenters. The van der Waals surface area contributed by atoms with E-state index in [9.17, 15) is 8.42 Å². The number of rotatable bonds is 7. The predicted molar refractivity (Wildman–Crippen MR) is 97.4 cm³/mol. The molecular weight excluding hydrogens is 346 g/mol. The van der Waals surface area contributed by atoms with Crippen molar-refractivity contribution in [1.29, 1.82) is 0 Å². The molecule has 1 N–H and O–H groups in total. The van der Waals surface area contributed by atoms with E-state index >= 15 is 0 Å². The Balaban J connectivity index is 2.02. The van der Waals surface area contributed by atoms with Crippen LogP contribution in [0.3, 0.4) is 0 Å². The zero-order valence-electron chi connectivity index (χ0n) is 14.1. The first-order valence-electron chi connectivity index (χ1n) is 7.73. The van der Waals surface area contributed by atoms with Gasteiger partial charge in [0.25, 0.3) is 0 Å². The van der Waals surface area contributed by atoms with Crippen molar-refractivity contribution in [3.05, 3.63) is 58.1 Å². The Morgan fingerprint density at radius 1 is 1.12 bits per heavy atom. The molecule has 0 aliphatic carbocycles. The van der Waals surface area contributed by atoms with Gasteiger partial charge in [0.1, 0.15) is 5.75 Å². The summed E-state index contributed by atoms with van der Waals surface area (Å²) < 4.78 is 32.9. The van der Waals surface area contributed by atoms with Gasteiger partial charge in [0, 0.05) is 11.6 Å². The summed E-state index contributed by atoms with van der Waals surface area (Å²) in [5.41, 5.74) is 2.48. The Labute approximate surface area is 148 Å². The molecule has 2 aromatic carbocycles. The lowest BCUT2D eigenvalue weighted by atomic mass is 10.1. The summed E-state index contributed by atoms with van der Waals surface area (Å²) >= 11 is 6.11. The van der Waals surface area contributed by atoms with Gasteiger partial charge in [-0.25, -0.2) is 13.1 Å². The fraction of sp³-hybridized carbons (Fsp3) is 0.333. The van der Waals surface area contributed by atoms with Crippen molar-refractivity contribution in [2.45, 2.75) is 31.6 Å². The van der Waals surface area contributed by atoms with Crippen LogP contribution in [0.25, 0.3) is 0 Å². The molecule has 4 nitrogen and oxygen atoms in total. The van der Waals surface area contributed by atoms with E-state index in [2.05, 4.69) is 4.72 Å². The van der Waals surface area contributed by atoms with Crippen molar-refractivity contribution < 1.29 is 13.2 Å². The molecule has 0 amide bonds. The number of hydrogen-bond donors (Lipinski definition) is 1. The summed E-state index contributed by atoms with van der Waals surface area (Å²) in [5, 5.41) is 0.710. The molecule has 2 aromatic rings. The van der Waals surface area contributed by atoms with Crippen molar-refractivity contribution >= 4 is 21.6 Å². The number of hydrogen-bond acceptors (Lipinski definition) is 3. The lowest BCUT2D eigenvalue weighted by Crippen LogP contribution is -2.26. The molecule has 0 aliphatic rings. The van der Waals surface area contributed by atoms with E-state index in [-0.39, 0.29) is 0 Å². The second-order valence-corrected chi connectivity index (χ2v) is 7.82. The standard InChI is InChI=1S/C18H22ClNO3S/c1-13-12-18(14(2)11-17(13)23-3)24(21,22)20-10-6-8-15-7-4-5-9-16(15)19/h4-5,7,9,11-12,20H,6,8,10H2,1-3H3. The van der Waals surface area contributed by atoms with Crippen molar-refractivity contribution in [2.75, 3.05) is 13.7 Å². The number of sulfonamides is 1. The van der Waals surface area contributed by atoms with Crippen molar-refractivity contribution in [3.8, 4) is 5.75 Å². The minimum Gasteiger partial charge on any atom is -0.496 e. The topological polar surface area (TPSA) is 55.4 Å². The van der Waals surface area contributed by atoms with E-state index in [1.54, 1.807) is 26.2 Å². The van der Waals surface area contributed by atoms with Gasteiger partial charge in [-0.2, -0.15) is 0 Å². The van der Waals surface area contributed by atoms with Gasteiger partial charge in [-0.05, 0) is 61.6 Å². The average molecular weight is 368 g/mol. The molecule has 0 radical (unpaired) electrons. The third kappa shape index (κ3) is 4.50. The number of nitrogens with one attached hydrogen (secondary N) is 1. The van der Waals surface area contributed by atoms with Crippen LogP contribution in [-0.4, -0.2) is 22.1 Å². The Kier molecular flexibility index (Phi) is 6.27.